The summed E-state index contributed by atoms with van der Waals surface area (Å²) in [5, 5.41) is 3.14. The van der Waals surface area contributed by atoms with Crippen LogP contribution in [-0.4, -0.2) is 18.2 Å². The summed E-state index contributed by atoms with van der Waals surface area (Å²) < 4.78 is 0. The molecule has 2 aromatic rings. The smallest absolute Gasteiger partial charge is 0.220 e. The van der Waals surface area contributed by atoms with Crippen LogP contribution in [0.1, 0.15) is 51.5 Å². The molecule has 0 aromatic heterocycles. The predicted octanol–water partition coefficient (Wildman–Crippen LogP) is 5.74. The van der Waals surface area contributed by atoms with Gasteiger partial charge in [-0.2, -0.15) is 0 Å². The van der Waals surface area contributed by atoms with Gasteiger partial charge < -0.3 is 10.1 Å². The molecule has 0 aliphatic rings. The standard InChI is InChI=1S/C26H33NO2/c1-4-9-20(2)21(3)18-25(27-26(29)12-8-17-28)19-22-13-15-24(16-14-22)23-10-6-5-7-11-23/h5-7,10-11,13-17,21,25H,2,4,8-9,12,18-19H2,1,3H3,(H,27,29)/t21-,25?/m1/s1. The van der Waals surface area contributed by atoms with Crippen LogP contribution in [0.15, 0.2) is 66.7 Å². The summed E-state index contributed by atoms with van der Waals surface area (Å²) in [6.45, 7) is 8.56. The summed E-state index contributed by atoms with van der Waals surface area (Å²) in [6, 6.07) is 18.9. The van der Waals surface area contributed by atoms with Gasteiger partial charge in [0, 0.05) is 18.9 Å². The fourth-order valence-electron chi connectivity index (χ4n) is 3.59. The van der Waals surface area contributed by atoms with Gasteiger partial charge in [0.25, 0.3) is 0 Å². The molecule has 0 aliphatic heterocycles. The van der Waals surface area contributed by atoms with E-state index in [0.717, 1.165) is 32.0 Å². The van der Waals surface area contributed by atoms with Crippen LogP contribution < -0.4 is 5.32 Å². The quantitative estimate of drug-likeness (QED) is 0.370. The van der Waals surface area contributed by atoms with Crippen molar-refractivity contribution in [1.82, 2.24) is 5.32 Å². The van der Waals surface area contributed by atoms with Crippen molar-refractivity contribution in [3.05, 3.63) is 72.3 Å². The summed E-state index contributed by atoms with van der Waals surface area (Å²) in [7, 11) is 0. The average Bonchev–Trinajstić information content (AvgIpc) is 2.73. The first-order valence-electron chi connectivity index (χ1n) is 10.6. The highest BCUT2D eigenvalue weighted by molar-refractivity contribution is 5.78. The van der Waals surface area contributed by atoms with Gasteiger partial charge in [-0.05, 0) is 41.9 Å². The Labute approximate surface area is 175 Å². The largest absolute Gasteiger partial charge is 0.353 e. The first kappa shape index (κ1) is 22.6. The number of carbonyl (C=O) groups excluding carboxylic acids is 2. The van der Waals surface area contributed by atoms with Gasteiger partial charge in [-0.1, -0.05) is 87.0 Å². The third-order valence-electron chi connectivity index (χ3n) is 5.30. The van der Waals surface area contributed by atoms with Crippen molar-refractivity contribution < 1.29 is 9.59 Å². The van der Waals surface area contributed by atoms with Crippen molar-refractivity contribution in [1.29, 1.82) is 0 Å². The number of hydrogen-bond donors (Lipinski definition) is 1. The lowest BCUT2D eigenvalue weighted by atomic mass is 9.89. The minimum Gasteiger partial charge on any atom is -0.353 e. The minimum absolute atomic E-state index is 0.0281. The lowest BCUT2D eigenvalue weighted by Crippen LogP contribution is -2.37. The van der Waals surface area contributed by atoms with Gasteiger partial charge in [0.1, 0.15) is 6.29 Å². The molecule has 29 heavy (non-hydrogen) atoms. The lowest BCUT2D eigenvalue weighted by Gasteiger charge is -2.24. The topological polar surface area (TPSA) is 46.2 Å². The fourth-order valence-corrected chi connectivity index (χ4v) is 3.59. The Morgan fingerprint density at radius 2 is 1.69 bits per heavy atom. The Balaban J connectivity index is 2.07. The minimum atomic E-state index is -0.0590. The molecule has 2 aromatic carbocycles. The van der Waals surface area contributed by atoms with Crippen LogP contribution in [-0.2, 0) is 16.0 Å². The number of hydrogen-bond acceptors (Lipinski definition) is 2. The molecule has 1 unspecified atom stereocenters. The fraction of sp³-hybridized carbons (Fsp3) is 0.385. The monoisotopic (exact) mass is 391 g/mol. The maximum atomic E-state index is 12.2. The van der Waals surface area contributed by atoms with Gasteiger partial charge in [0.2, 0.25) is 5.91 Å². The molecule has 0 spiro atoms. The van der Waals surface area contributed by atoms with Crippen LogP contribution >= 0.6 is 0 Å². The molecule has 1 amide bonds. The van der Waals surface area contributed by atoms with Crippen LogP contribution in [0.3, 0.4) is 0 Å². The Morgan fingerprint density at radius 1 is 1.03 bits per heavy atom. The number of nitrogens with one attached hydrogen (secondary N) is 1. The third kappa shape index (κ3) is 7.69. The van der Waals surface area contributed by atoms with Crippen molar-refractivity contribution in [3.63, 3.8) is 0 Å². The van der Waals surface area contributed by atoms with E-state index in [1.54, 1.807) is 0 Å². The maximum Gasteiger partial charge on any atom is 0.220 e. The Morgan fingerprint density at radius 3 is 2.31 bits per heavy atom. The molecule has 0 saturated heterocycles. The van der Waals surface area contributed by atoms with E-state index >= 15 is 0 Å². The van der Waals surface area contributed by atoms with Crippen LogP contribution in [0.2, 0.25) is 0 Å². The number of allylic oxidation sites excluding steroid dienone is 1. The zero-order chi connectivity index (χ0) is 21.1. The number of amides is 1. The Kier molecular flexibility index (Phi) is 9.36. The van der Waals surface area contributed by atoms with Gasteiger partial charge in [0.15, 0.2) is 0 Å². The zero-order valence-corrected chi connectivity index (χ0v) is 17.7. The highest BCUT2D eigenvalue weighted by Gasteiger charge is 2.18. The van der Waals surface area contributed by atoms with E-state index in [1.165, 1.54) is 22.3 Å². The summed E-state index contributed by atoms with van der Waals surface area (Å²) in [4.78, 5) is 22.8. The van der Waals surface area contributed by atoms with Crippen molar-refractivity contribution >= 4 is 12.2 Å². The molecule has 0 bridgehead atoms. The molecule has 0 heterocycles. The number of carbonyl (C=O) groups is 2. The first-order valence-corrected chi connectivity index (χ1v) is 10.6. The van der Waals surface area contributed by atoms with Gasteiger partial charge >= 0.3 is 0 Å². The van der Waals surface area contributed by atoms with Crippen LogP contribution in [0.4, 0.5) is 0 Å². The predicted molar refractivity (Wildman–Crippen MR) is 121 cm³/mol. The lowest BCUT2D eigenvalue weighted by molar-refractivity contribution is -0.123. The number of benzene rings is 2. The van der Waals surface area contributed by atoms with E-state index in [2.05, 4.69) is 62.1 Å². The van der Waals surface area contributed by atoms with Crippen molar-refractivity contribution in [2.24, 2.45) is 5.92 Å². The SMILES string of the molecule is C=C(CCC)[C@H](C)CC(Cc1ccc(-c2ccccc2)cc1)NC(=O)CCC=O. The second-order valence-corrected chi connectivity index (χ2v) is 7.78. The molecule has 154 valence electrons. The van der Waals surface area contributed by atoms with Crippen molar-refractivity contribution in [2.45, 2.75) is 58.4 Å². The highest BCUT2D eigenvalue weighted by Crippen LogP contribution is 2.23. The van der Waals surface area contributed by atoms with Gasteiger partial charge in [-0.25, -0.2) is 0 Å². The maximum absolute atomic E-state index is 12.2. The van der Waals surface area contributed by atoms with E-state index in [9.17, 15) is 9.59 Å². The third-order valence-corrected chi connectivity index (χ3v) is 5.30. The molecule has 3 nitrogen and oxygen atoms in total. The molecule has 1 N–H and O–H groups in total. The Bertz CT molecular complexity index is 780. The van der Waals surface area contributed by atoms with Gasteiger partial charge in [-0.15, -0.1) is 0 Å². The van der Waals surface area contributed by atoms with Crippen LogP contribution in [0, 0.1) is 5.92 Å². The molecule has 0 aliphatic carbocycles. The molecule has 2 atom stereocenters. The van der Waals surface area contributed by atoms with Gasteiger partial charge in [0.05, 0.1) is 0 Å². The van der Waals surface area contributed by atoms with E-state index in [1.807, 2.05) is 18.2 Å². The van der Waals surface area contributed by atoms with Crippen molar-refractivity contribution in [3.8, 4) is 11.1 Å². The molecule has 2 rings (SSSR count). The van der Waals surface area contributed by atoms with E-state index in [4.69, 9.17) is 0 Å². The molecule has 0 saturated carbocycles. The normalized spacial score (nSPS) is 12.8. The molecule has 0 radical (unpaired) electrons. The molecular formula is C26H33NO2. The van der Waals surface area contributed by atoms with E-state index in [-0.39, 0.29) is 24.8 Å². The second-order valence-electron chi connectivity index (χ2n) is 7.78. The number of rotatable bonds is 12. The summed E-state index contributed by atoms with van der Waals surface area (Å²) in [6.07, 6.45) is 5.03. The van der Waals surface area contributed by atoms with Gasteiger partial charge in [-0.3, -0.25) is 4.79 Å². The molecule has 0 fully saturated rings. The van der Waals surface area contributed by atoms with Crippen molar-refractivity contribution in [2.75, 3.05) is 0 Å². The Hall–Kier alpha value is -2.68. The second kappa shape index (κ2) is 12.0. The molecular weight excluding hydrogens is 358 g/mol. The van der Waals surface area contributed by atoms with Crippen LogP contribution in [0.25, 0.3) is 11.1 Å². The van der Waals surface area contributed by atoms with E-state index in [0.29, 0.717) is 5.92 Å². The zero-order valence-electron chi connectivity index (χ0n) is 17.7. The molecule has 3 heteroatoms. The van der Waals surface area contributed by atoms with E-state index < -0.39 is 0 Å². The average molecular weight is 392 g/mol. The summed E-state index contributed by atoms with van der Waals surface area (Å²) in [5.74, 6) is 0.284. The summed E-state index contributed by atoms with van der Waals surface area (Å²) in [5.41, 5.74) is 4.81. The van der Waals surface area contributed by atoms with Crippen LogP contribution in [0.5, 0.6) is 0 Å². The number of aldehydes is 1. The summed E-state index contributed by atoms with van der Waals surface area (Å²) >= 11 is 0. The first-order chi connectivity index (χ1) is 14.0. The highest BCUT2D eigenvalue weighted by atomic mass is 16.1.